The van der Waals surface area contributed by atoms with Gasteiger partial charge in [0.25, 0.3) is 5.56 Å². The van der Waals surface area contributed by atoms with E-state index in [0.717, 1.165) is 40.0 Å². The predicted molar refractivity (Wildman–Crippen MR) is 115 cm³/mol. The summed E-state index contributed by atoms with van der Waals surface area (Å²) in [7, 11) is 5.53. The molecule has 3 aromatic heterocycles. The lowest BCUT2D eigenvalue weighted by molar-refractivity contribution is -0.120. The second kappa shape index (κ2) is 5.50. The molecule has 1 aliphatic carbocycles. The molecule has 1 amide bonds. The molecule has 150 valence electrons. The zero-order valence-electron chi connectivity index (χ0n) is 17.0. The first-order valence-electron chi connectivity index (χ1n) is 10.00. The first-order chi connectivity index (χ1) is 14.4. The molecule has 0 radical (unpaired) electrons. The van der Waals surface area contributed by atoms with Gasteiger partial charge in [-0.1, -0.05) is 18.2 Å². The first kappa shape index (κ1) is 17.3. The van der Waals surface area contributed by atoms with E-state index in [1.807, 2.05) is 49.1 Å². The number of pyridine rings is 1. The number of amides is 1. The number of imidazole rings is 1. The number of para-hydroxylation sites is 1. The number of aromatic nitrogens is 4. The molecule has 2 atom stereocenters. The van der Waals surface area contributed by atoms with Crippen molar-refractivity contribution in [2.75, 3.05) is 11.9 Å². The van der Waals surface area contributed by atoms with Crippen molar-refractivity contribution in [2.45, 2.75) is 17.8 Å². The molecule has 1 aliphatic heterocycles. The number of rotatable bonds is 2. The predicted octanol–water partition coefficient (Wildman–Crippen LogP) is 2.67. The summed E-state index contributed by atoms with van der Waals surface area (Å²) < 4.78 is 3.53. The van der Waals surface area contributed by atoms with E-state index in [-0.39, 0.29) is 17.4 Å². The molecule has 30 heavy (non-hydrogen) atoms. The maximum Gasteiger partial charge on any atom is 0.274 e. The fraction of sp³-hybridized carbons (Fsp3) is 0.261. The molecule has 0 saturated heterocycles. The number of hydrogen-bond acceptors (Lipinski definition) is 3. The van der Waals surface area contributed by atoms with E-state index in [9.17, 15) is 9.59 Å². The molecule has 1 saturated carbocycles. The highest BCUT2D eigenvalue weighted by Crippen LogP contribution is 2.66. The molecule has 7 heteroatoms. The van der Waals surface area contributed by atoms with Crippen LogP contribution in [-0.4, -0.2) is 32.1 Å². The quantitative estimate of drug-likeness (QED) is 0.563. The summed E-state index contributed by atoms with van der Waals surface area (Å²) in [6.07, 6.45) is 6.17. The van der Waals surface area contributed by atoms with E-state index in [2.05, 4.69) is 16.0 Å². The molecule has 2 aliphatic rings. The smallest absolute Gasteiger partial charge is 0.274 e. The summed E-state index contributed by atoms with van der Waals surface area (Å²) in [5, 5.41) is 0.885. The Morgan fingerprint density at radius 3 is 2.70 bits per heavy atom. The van der Waals surface area contributed by atoms with Gasteiger partial charge in [-0.3, -0.25) is 9.59 Å². The number of aromatic amines is 1. The Balaban J connectivity index is 1.56. The summed E-state index contributed by atoms with van der Waals surface area (Å²) >= 11 is 0. The highest BCUT2D eigenvalue weighted by atomic mass is 16.2. The van der Waals surface area contributed by atoms with Crippen molar-refractivity contribution in [3.63, 3.8) is 0 Å². The fourth-order valence-electron chi connectivity index (χ4n) is 5.24. The number of nitrogens with one attached hydrogen (secondary N) is 1. The normalized spacial score (nSPS) is 22.3. The SMILES string of the molecule is CN1C(=O)[C@@]2(C[C@H]2c2cn(C)c(=O)c3[nH]c(-c4cncn4C)cc23)c2ccccc21. The fourth-order valence-corrected chi connectivity index (χ4v) is 5.24. The van der Waals surface area contributed by atoms with Crippen LogP contribution in [0.2, 0.25) is 0 Å². The molecule has 0 bridgehead atoms. The molecule has 1 aromatic carbocycles. The van der Waals surface area contributed by atoms with Crippen LogP contribution in [0, 0.1) is 0 Å². The van der Waals surface area contributed by atoms with Crippen molar-refractivity contribution < 1.29 is 4.79 Å². The number of hydrogen-bond donors (Lipinski definition) is 1. The van der Waals surface area contributed by atoms with Gasteiger partial charge in [-0.25, -0.2) is 4.98 Å². The molecule has 6 rings (SSSR count). The largest absolute Gasteiger partial charge is 0.349 e. The summed E-state index contributed by atoms with van der Waals surface area (Å²) in [4.78, 5) is 35.4. The Bertz CT molecular complexity index is 1430. The van der Waals surface area contributed by atoms with Crippen molar-refractivity contribution >= 4 is 22.5 Å². The van der Waals surface area contributed by atoms with E-state index >= 15 is 0 Å². The topological polar surface area (TPSA) is 75.9 Å². The average molecular weight is 399 g/mol. The molecular weight excluding hydrogens is 378 g/mol. The monoisotopic (exact) mass is 399 g/mol. The van der Waals surface area contributed by atoms with Gasteiger partial charge in [0.2, 0.25) is 5.91 Å². The van der Waals surface area contributed by atoms with Crippen LogP contribution >= 0.6 is 0 Å². The van der Waals surface area contributed by atoms with Crippen LogP contribution in [0.25, 0.3) is 22.3 Å². The van der Waals surface area contributed by atoms with Crippen LogP contribution in [-0.2, 0) is 24.3 Å². The number of carbonyl (C=O) groups excluding carboxylic acids is 1. The number of fused-ring (bicyclic) bond motifs is 3. The lowest BCUT2D eigenvalue weighted by atomic mass is 9.91. The van der Waals surface area contributed by atoms with Crippen molar-refractivity contribution in [1.82, 2.24) is 19.1 Å². The zero-order chi connectivity index (χ0) is 20.8. The molecule has 0 unspecified atom stereocenters. The lowest BCUT2D eigenvalue weighted by Gasteiger charge is -2.12. The number of benzene rings is 1. The van der Waals surface area contributed by atoms with Crippen LogP contribution in [0.5, 0.6) is 0 Å². The number of nitrogens with zero attached hydrogens (tertiary/aromatic N) is 4. The van der Waals surface area contributed by atoms with Gasteiger partial charge < -0.3 is 19.0 Å². The Labute approximate surface area is 172 Å². The third kappa shape index (κ3) is 1.97. The van der Waals surface area contributed by atoms with Crippen molar-refractivity contribution in [1.29, 1.82) is 0 Å². The number of H-pyrrole nitrogens is 1. The van der Waals surface area contributed by atoms with Crippen LogP contribution in [0.1, 0.15) is 23.5 Å². The summed E-state index contributed by atoms with van der Waals surface area (Å²) in [5.41, 5.74) is 4.83. The van der Waals surface area contributed by atoms with Crippen LogP contribution in [0.3, 0.4) is 0 Å². The minimum absolute atomic E-state index is 0.0422. The van der Waals surface area contributed by atoms with Gasteiger partial charge in [-0.15, -0.1) is 0 Å². The number of anilines is 1. The van der Waals surface area contributed by atoms with Crippen LogP contribution in [0.15, 0.2) is 53.8 Å². The van der Waals surface area contributed by atoms with Crippen molar-refractivity contribution in [3.05, 3.63) is 70.5 Å². The van der Waals surface area contributed by atoms with Crippen LogP contribution in [0.4, 0.5) is 5.69 Å². The highest BCUT2D eigenvalue weighted by molar-refractivity contribution is 6.11. The van der Waals surface area contributed by atoms with Crippen LogP contribution < -0.4 is 10.5 Å². The minimum atomic E-state index is -0.528. The molecular formula is C23H21N5O2. The minimum Gasteiger partial charge on any atom is -0.349 e. The van der Waals surface area contributed by atoms with Crippen molar-refractivity contribution in [2.24, 2.45) is 14.1 Å². The van der Waals surface area contributed by atoms with Gasteiger partial charge in [-0.05, 0) is 29.7 Å². The lowest BCUT2D eigenvalue weighted by Crippen LogP contribution is -2.29. The van der Waals surface area contributed by atoms with E-state index in [1.54, 1.807) is 29.0 Å². The summed E-state index contributed by atoms with van der Waals surface area (Å²) in [6.45, 7) is 0. The second-order valence-electron chi connectivity index (χ2n) is 8.47. The van der Waals surface area contributed by atoms with E-state index in [0.29, 0.717) is 5.52 Å². The van der Waals surface area contributed by atoms with Gasteiger partial charge in [0.1, 0.15) is 5.52 Å². The van der Waals surface area contributed by atoms with Gasteiger partial charge in [-0.2, -0.15) is 0 Å². The maximum atomic E-state index is 13.3. The Morgan fingerprint density at radius 2 is 1.93 bits per heavy atom. The number of aryl methyl sites for hydroxylation is 2. The standard InChI is InChI=1S/C23H21N5O2/c1-26-11-14(13-8-17(25-20(13)21(26)29)19-10-24-12-27(19)2)16-9-23(16)15-6-4-5-7-18(15)28(3)22(23)30/h4-8,10-12,16,25H,9H2,1-3H3/t16-,23-/m0/s1. The van der Waals surface area contributed by atoms with E-state index < -0.39 is 5.41 Å². The van der Waals surface area contributed by atoms with E-state index in [4.69, 9.17) is 0 Å². The van der Waals surface area contributed by atoms with Gasteiger partial charge in [0.15, 0.2) is 0 Å². The summed E-state index contributed by atoms with van der Waals surface area (Å²) in [5.74, 6) is 0.179. The first-order valence-corrected chi connectivity index (χ1v) is 10.00. The Morgan fingerprint density at radius 1 is 1.13 bits per heavy atom. The second-order valence-corrected chi connectivity index (χ2v) is 8.47. The third-order valence-corrected chi connectivity index (χ3v) is 6.86. The van der Waals surface area contributed by atoms with Gasteiger partial charge in [0, 0.05) is 44.3 Å². The average Bonchev–Trinajstić information content (AvgIpc) is 2.99. The highest BCUT2D eigenvalue weighted by Gasteiger charge is 2.67. The van der Waals surface area contributed by atoms with Crippen molar-refractivity contribution in [3.8, 4) is 11.4 Å². The van der Waals surface area contributed by atoms with E-state index in [1.165, 1.54) is 0 Å². The molecule has 1 N–H and O–H groups in total. The Hall–Kier alpha value is -3.61. The molecule has 7 nitrogen and oxygen atoms in total. The maximum absolute atomic E-state index is 13.3. The van der Waals surface area contributed by atoms with Gasteiger partial charge >= 0.3 is 0 Å². The molecule has 1 spiro atoms. The molecule has 4 aromatic rings. The zero-order valence-corrected chi connectivity index (χ0v) is 17.0. The number of carbonyl (C=O) groups is 1. The molecule has 4 heterocycles. The van der Waals surface area contributed by atoms with Gasteiger partial charge in [0.05, 0.1) is 29.3 Å². The molecule has 1 fully saturated rings. The summed E-state index contributed by atoms with van der Waals surface area (Å²) in [6, 6.07) is 10.0. The number of likely N-dealkylation sites (N-methyl/N-ethyl adjacent to an activating group) is 1. The third-order valence-electron chi connectivity index (χ3n) is 6.86. The Kier molecular flexibility index (Phi) is 3.17.